The van der Waals surface area contributed by atoms with Gasteiger partial charge in [0.25, 0.3) is 0 Å². The van der Waals surface area contributed by atoms with Gasteiger partial charge in [-0.15, -0.1) is 0 Å². The van der Waals surface area contributed by atoms with Crippen LogP contribution in [0.15, 0.2) is 47.7 Å². The van der Waals surface area contributed by atoms with Gasteiger partial charge in [-0.05, 0) is 48.7 Å². The maximum absolute atomic E-state index is 13.2. The maximum atomic E-state index is 13.2. The molecule has 0 saturated carbocycles. The van der Waals surface area contributed by atoms with Gasteiger partial charge in [-0.1, -0.05) is 6.07 Å². The van der Waals surface area contributed by atoms with Crippen molar-refractivity contribution in [3.05, 3.63) is 48.3 Å². The Morgan fingerprint density at radius 2 is 2.03 bits per heavy atom. The molecule has 174 valence electrons. The normalized spacial score (nSPS) is 20.7. The first-order valence-corrected chi connectivity index (χ1v) is 11.4. The first kappa shape index (κ1) is 20.5. The summed E-state index contributed by atoms with van der Waals surface area (Å²) in [6.07, 6.45) is 3.92. The summed E-state index contributed by atoms with van der Waals surface area (Å²) in [6.45, 7) is 2.18. The Kier molecular flexibility index (Phi) is 5.05. The van der Waals surface area contributed by atoms with Crippen molar-refractivity contribution in [3.63, 3.8) is 0 Å². The highest BCUT2D eigenvalue weighted by molar-refractivity contribution is 6.17. The highest BCUT2D eigenvalue weighted by Crippen LogP contribution is 2.39. The highest BCUT2D eigenvalue weighted by atomic mass is 16.7. The van der Waals surface area contributed by atoms with Crippen LogP contribution in [0, 0.1) is 0 Å². The number of hydrogen-bond donors (Lipinski definition) is 2. The monoisotopic (exact) mass is 460 g/mol. The lowest BCUT2D eigenvalue weighted by Gasteiger charge is -2.23. The maximum Gasteiger partial charge on any atom is 0.328 e. The first-order valence-electron chi connectivity index (χ1n) is 11.4. The molecule has 0 radical (unpaired) electrons. The van der Waals surface area contributed by atoms with Crippen molar-refractivity contribution in [2.24, 2.45) is 4.99 Å². The van der Waals surface area contributed by atoms with Crippen LogP contribution in [0.5, 0.6) is 11.5 Å². The minimum Gasteiger partial charge on any atom is -0.454 e. The molecule has 1 unspecified atom stereocenters. The summed E-state index contributed by atoms with van der Waals surface area (Å²) in [5.74, 6) is 2.10. The van der Waals surface area contributed by atoms with E-state index in [0.717, 1.165) is 36.0 Å². The number of nitrogens with zero attached hydrogens (tertiary/aromatic N) is 4. The van der Waals surface area contributed by atoms with Crippen molar-refractivity contribution in [1.29, 1.82) is 0 Å². The zero-order valence-electron chi connectivity index (χ0n) is 18.5. The number of fused-ring (bicyclic) bond motifs is 2. The number of H-pyrrole nitrogens is 1. The number of ether oxygens (including phenoxy) is 2. The van der Waals surface area contributed by atoms with E-state index in [1.807, 2.05) is 41.3 Å². The molecule has 3 amide bonds. The highest BCUT2D eigenvalue weighted by Gasteiger charge is 2.39. The molecule has 2 fully saturated rings. The van der Waals surface area contributed by atoms with Gasteiger partial charge in [0, 0.05) is 31.7 Å². The van der Waals surface area contributed by atoms with Crippen LogP contribution in [0.1, 0.15) is 30.9 Å². The Labute approximate surface area is 195 Å². The lowest BCUT2D eigenvalue weighted by Crippen LogP contribution is -2.29. The van der Waals surface area contributed by atoms with Crippen molar-refractivity contribution in [2.45, 2.75) is 25.3 Å². The Balaban J connectivity index is 1.31. The lowest BCUT2D eigenvalue weighted by atomic mass is 10.0. The quantitative estimate of drug-likeness (QED) is 0.550. The molecule has 10 nitrogen and oxygen atoms in total. The molecule has 6 rings (SSSR count). The second-order valence-electron chi connectivity index (χ2n) is 8.52. The van der Waals surface area contributed by atoms with Gasteiger partial charge in [-0.25, -0.2) is 9.78 Å². The smallest absolute Gasteiger partial charge is 0.328 e. The van der Waals surface area contributed by atoms with E-state index in [-0.39, 0.29) is 18.7 Å². The number of rotatable bonds is 6. The molecule has 1 aromatic heterocycles. The molecular formula is C24H24N6O4. The summed E-state index contributed by atoms with van der Waals surface area (Å²) in [7, 11) is 0. The molecule has 0 bridgehead atoms. The molecule has 10 heteroatoms. The van der Waals surface area contributed by atoms with E-state index in [1.54, 1.807) is 11.2 Å². The Morgan fingerprint density at radius 3 is 2.91 bits per heavy atom. The summed E-state index contributed by atoms with van der Waals surface area (Å²) in [6, 6.07) is 10.6. The Hall–Kier alpha value is -4.08. The fraction of sp³-hybridized carbons (Fsp3) is 0.333. The van der Waals surface area contributed by atoms with Gasteiger partial charge in [0.05, 0.1) is 17.4 Å². The number of urea groups is 1. The number of imidazole rings is 1. The first-order chi connectivity index (χ1) is 16.7. The summed E-state index contributed by atoms with van der Waals surface area (Å²) >= 11 is 0. The van der Waals surface area contributed by atoms with E-state index in [0.29, 0.717) is 42.5 Å². The number of carbonyl (C=O) groups excluding carboxylic acids is 2. The van der Waals surface area contributed by atoms with Gasteiger partial charge < -0.3 is 19.4 Å². The van der Waals surface area contributed by atoms with Gasteiger partial charge in [0.1, 0.15) is 11.9 Å². The standard InChI is InChI=1S/C24H24N6O4/c31-21-3-1-9-29(21)10-2-8-25-23-22(15-4-7-19-20(11-15)34-14-33-19)30(24(32)28-23)16-5-6-17-18(12-16)27-13-26-17/h4-7,11-13,22H,1-3,8-10,14H2,(H,26,27)(H,25,28,32). The molecule has 3 aliphatic rings. The molecule has 4 heterocycles. The number of nitrogens with one attached hydrogen (secondary N) is 2. The zero-order valence-corrected chi connectivity index (χ0v) is 18.5. The summed E-state index contributed by atoms with van der Waals surface area (Å²) in [4.78, 5) is 40.8. The molecule has 2 saturated heterocycles. The predicted molar refractivity (Wildman–Crippen MR) is 125 cm³/mol. The molecule has 2 aromatic carbocycles. The number of aromatic nitrogens is 2. The van der Waals surface area contributed by atoms with Crippen LogP contribution in [0.3, 0.4) is 0 Å². The average Bonchev–Trinajstić information content (AvgIpc) is 3.62. The van der Waals surface area contributed by atoms with Crippen molar-refractivity contribution in [1.82, 2.24) is 20.2 Å². The average molecular weight is 460 g/mol. The minimum absolute atomic E-state index is 0.177. The van der Waals surface area contributed by atoms with Gasteiger partial charge in [0.15, 0.2) is 11.5 Å². The zero-order chi connectivity index (χ0) is 23.1. The van der Waals surface area contributed by atoms with E-state index in [4.69, 9.17) is 14.5 Å². The third-order valence-corrected chi connectivity index (χ3v) is 6.41. The van der Waals surface area contributed by atoms with Crippen LogP contribution in [0.2, 0.25) is 0 Å². The SMILES string of the molecule is O=C1CCCN1CCCN=C1NC(=O)N(c2ccc3[nH]cnc3c2)C1c1ccc2c(c1)OCO2. The van der Waals surface area contributed by atoms with Gasteiger partial charge in [-0.3, -0.25) is 20.0 Å². The summed E-state index contributed by atoms with van der Waals surface area (Å²) < 4.78 is 11.0. The van der Waals surface area contributed by atoms with Crippen LogP contribution >= 0.6 is 0 Å². The summed E-state index contributed by atoms with van der Waals surface area (Å²) in [5.41, 5.74) is 3.24. The van der Waals surface area contributed by atoms with Crippen molar-refractivity contribution in [3.8, 4) is 11.5 Å². The third-order valence-electron chi connectivity index (χ3n) is 6.41. The second-order valence-corrected chi connectivity index (χ2v) is 8.52. The van der Waals surface area contributed by atoms with Crippen molar-refractivity contribution >= 4 is 34.5 Å². The van der Waals surface area contributed by atoms with Crippen LogP contribution in [0.4, 0.5) is 10.5 Å². The third kappa shape index (κ3) is 3.60. The lowest BCUT2D eigenvalue weighted by molar-refractivity contribution is -0.127. The number of aromatic amines is 1. The Bertz CT molecular complexity index is 1300. The molecular weight excluding hydrogens is 436 g/mol. The number of amidine groups is 1. The van der Waals surface area contributed by atoms with Crippen molar-refractivity contribution < 1.29 is 19.1 Å². The molecule has 0 aliphatic carbocycles. The van der Waals surface area contributed by atoms with E-state index >= 15 is 0 Å². The van der Waals surface area contributed by atoms with Crippen LogP contribution in [0.25, 0.3) is 11.0 Å². The van der Waals surface area contributed by atoms with E-state index in [9.17, 15) is 9.59 Å². The number of amides is 3. The van der Waals surface area contributed by atoms with Crippen LogP contribution < -0.4 is 19.7 Å². The summed E-state index contributed by atoms with van der Waals surface area (Å²) in [5, 5.41) is 2.95. The van der Waals surface area contributed by atoms with Crippen LogP contribution in [-0.2, 0) is 4.79 Å². The Morgan fingerprint density at radius 1 is 1.12 bits per heavy atom. The van der Waals surface area contributed by atoms with E-state index in [2.05, 4.69) is 15.3 Å². The predicted octanol–water partition coefficient (Wildman–Crippen LogP) is 2.97. The van der Waals surface area contributed by atoms with Crippen molar-refractivity contribution in [2.75, 3.05) is 31.3 Å². The molecule has 2 N–H and O–H groups in total. The second kappa shape index (κ2) is 8.36. The molecule has 34 heavy (non-hydrogen) atoms. The number of benzene rings is 2. The molecule has 3 aromatic rings. The van der Waals surface area contributed by atoms with Gasteiger partial charge in [0.2, 0.25) is 12.7 Å². The fourth-order valence-corrected chi connectivity index (χ4v) is 4.73. The number of anilines is 1. The number of likely N-dealkylation sites (tertiary alicyclic amines) is 1. The number of hydrogen-bond acceptors (Lipinski definition) is 6. The number of aliphatic imine (C=N–C) groups is 1. The van der Waals surface area contributed by atoms with E-state index < -0.39 is 6.04 Å². The number of carbonyl (C=O) groups is 2. The largest absolute Gasteiger partial charge is 0.454 e. The fourth-order valence-electron chi connectivity index (χ4n) is 4.73. The van der Waals surface area contributed by atoms with Crippen LogP contribution in [-0.4, -0.2) is 59.1 Å². The van der Waals surface area contributed by atoms with Gasteiger partial charge in [-0.2, -0.15) is 0 Å². The molecule has 3 aliphatic heterocycles. The molecule has 1 atom stereocenters. The molecule has 0 spiro atoms. The topological polar surface area (TPSA) is 112 Å². The van der Waals surface area contributed by atoms with E-state index in [1.165, 1.54) is 0 Å². The minimum atomic E-state index is -0.452. The van der Waals surface area contributed by atoms with Gasteiger partial charge >= 0.3 is 6.03 Å².